The lowest BCUT2D eigenvalue weighted by molar-refractivity contribution is -0.153. The Morgan fingerprint density at radius 2 is 2.05 bits per heavy atom. The van der Waals surface area contributed by atoms with Gasteiger partial charge in [0.15, 0.2) is 0 Å². The van der Waals surface area contributed by atoms with E-state index in [1.807, 2.05) is 30.3 Å². The van der Waals surface area contributed by atoms with Crippen molar-refractivity contribution in [2.24, 2.45) is 0 Å². The van der Waals surface area contributed by atoms with Gasteiger partial charge in [0.25, 0.3) is 0 Å². The minimum Gasteiger partial charge on any atom is -0.464 e. The largest absolute Gasteiger partial charge is 0.464 e. The van der Waals surface area contributed by atoms with Gasteiger partial charge < -0.3 is 14.7 Å². The number of β-amino-alcohol motifs (C(OH)–C–C–N with tert-alkyl or cyclic N) is 1. The summed E-state index contributed by atoms with van der Waals surface area (Å²) < 4.78 is 4.98. The van der Waals surface area contributed by atoms with E-state index in [9.17, 15) is 14.7 Å². The Kier molecular flexibility index (Phi) is 5.95. The van der Waals surface area contributed by atoms with Crippen LogP contribution in [0, 0.1) is 0 Å². The number of aliphatic hydroxyl groups is 1. The predicted octanol–water partition coefficient (Wildman–Crippen LogP) is 1.53. The minimum atomic E-state index is -0.646. The molecule has 0 radical (unpaired) electrons. The smallest absolute Gasteiger partial charge is 0.328 e. The highest BCUT2D eigenvalue weighted by molar-refractivity contribution is 5.85. The summed E-state index contributed by atoms with van der Waals surface area (Å²) in [6.45, 7) is 2.23. The van der Waals surface area contributed by atoms with Gasteiger partial charge in [-0.15, -0.1) is 0 Å². The Balaban J connectivity index is 1.86. The van der Waals surface area contributed by atoms with Crippen LogP contribution in [-0.4, -0.2) is 47.2 Å². The second kappa shape index (κ2) is 7.94. The molecule has 2 atom stereocenters. The van der Waals surface area contributed by atoms with Crippen LogP contribution in [0.4, 0.5) is 0 Å². The number of hydrogen-bond donors (Lipinski definition) is 1. The van der Waals surface area contributed by atoms with Gasteiger partial charge in [-0.1, -0.05) is 30.3 Å². The number of aliphatic hydroxyl groups excluding tert-OH is 1. The van der Waals surface area contributed by atoms with Crippen LogP contribution in [-0.2, 0) is 20.7 Å². The molecule has 2 rings (SSSR count). The van der Waals surface area contributed by atoms with E-state index < -0.39 is 18.1 Å². The van der Waals surface area contributed by atoms with Crippen LogP contribution in [0.1, 0.15) is 31.7 Å². The topological polar surface area (TPSA) is 66.8 Å². The third-order valence-corrected chi connectivity index (χ3v) is 3.86. The summed E-state index contributed by atoms with van der Waals surface area (Å²) in [5.41, 5.74) is 1.19. The molecule has 22 heavy (non-hydrogen) atoms. The molecule has 1 aromatic carbocycles. The van der Waals surface area contributed by atoms with Crippen molar-refractivity contribution in [3.05, 3.63) is 35.9 Å². The molecule has 0 spiro atoms. The SMILES string of the molecule is CCOC(=O)[C@@H]1C[C@@H](O)CN1C(=O)CCCc1ccccc1. The van der Waals surface area contributed by atoms with Crippen molar-refractivity contribution in [3.63, 3.8) is 0 Å². The van der Waals surface area contributed by atoms with Crippen LogP contribution in [0.2, 0.25) is 0 Å². The third-order valence-electron chi connectivity index (χ3n) is 3.86. The molecule has 5 heteroatoms. The average molecular weight is 305 g/mol. The zero-order valence-electron chi connectivity index (χ0n) is 12.9. The van der Waals surface area contributed by atoms with Gasteiger partial charge in [0.05, 0.1) is 12.7 Å². The van der Waals surface area contributed by atoms with E-state index in [4.69, 9.17) is 4.74 Å². The monoisotopic (exact) mass is 305 g/mol. The van der Waals surface area contributed by atoms with Gasteiger partial charge >= 0.3 is 5.97 Å². The van der Waals surface area contributed by atoms with E-state index >= 15 is 0 Å². The van der Waals surface area contributed by atoms with E-state index in [2.05, 4.69) is 0 Å². The molecule has 1 aliphatic heterocycles. The molecule has 1 fully saturated rings. The molecule has 1 aromatic rings. The highest BCUT2D eigenvalue weighted by Gasteiger charge is 2.39. The third kappa shape index (κ3) is 4.31. The maximum atomic E-state index is 12.3. The van der Waals surface area contributed by atoms with Crippen molar-refractivity contribution in [1.29, 1.82) is 0 Å². The van der Waals surface area contributed by atoms with Crippen molar-refractivity contribution >= 4 is 11.9 Å². The highest BCUT2D eigenvalue weighted by Crippen LogP contribution is 2.21. The first-order valence-corrected chi connectivity index (χ1v) is 7.80. The summed E-state index contributed by atoms with van der Waals surface area (Å²) in [6, 6.07) is 9.34. The number of benzene rings is 1. The number of carbonyl (C=O) groups is 2. The predicted molar refractivity (Wildman–Crippen MR) is 82.1 cm³/mol. The van der Waals surface area contributed by atoms with E-state index in [0.717, 1.165) is 12.8 Å². The van der Waals surface area contributed by atoms with Crippen LogP contribution in [0.5, 0.6) is 0 Å². The van der Waals surface area contributed by atoms with Crippen LogP contribution in [0.15, 0.2) is 30.3 Å². The Morgan fingerprint density at radius 1 is 1.32 bits per heavy atom. The zero-order valence-corrected chi connectivity index (χ0v) is 12.9. The van der Waals surface area contributed by atoms with Crippen molar-refractivity contribution in [2.45, 2.75) is 44.8 Å². The summed E-state index contributed by atoms with van der Waals surface area (Å²) >= 11 is 0. The second-order valence-electron chi connectivity index (χ2n) is 5.54. The average Bonchev–Trinajstić information content (AvgIpc) is 2.91. The molecular weight excluding hydrogens is 282 g/mol. The van der Waals surface area contributed by atoms with Gasteiger partial charge in [-0.2, -0.15) is 0 Å². The van der Waals surface area contributed by atoms with Crippen molar-refractivity contribution < 1.29 is 19.4 Å². The molecule has 1 heterocycles. The molecule has 1 amide bonds. The van der Waals surface area contributed by atoms with E-state index in [1.165, 1.54) is 10.5 Å². The lowest BCUT2D eigenvalue weighted by Crippen LogP contribution is -2.41. The van der Waals surface area contributed by atoms with E-state index in [-0.39, 0.29) is 25.5 Å². The molecule has 5 nitrogen and oxygen atoms in total. The minimum absolute atomic E-state index is 0.0921. The Hall–Kier alpha value is -1.88. The molecule has 120 valence electrons. The van der Waals surface area contributed by atoms with Crippen molar-refractivity contribution in [2.75, 3.05) is 13.2 Å². The van der Waals surface area contributed by atoms with E-state index in [0.29, 0.717) is 6.42 Å². The van der Waals surface area contributed by atoms with E-state index in [1.54, 1.807) is 6.92 Å². The number of amides is 1. The zero-order chi connectivity index (χ0) is 15.9. The highest BCUT2D eigenvalue weighted by atomic mass is 16.5. The number of likely N-dealkylation sites (tertiary alicyclic amines) is 1. The van der Waals surface area contributed by atoms with Crippen LogP contribution < -0.4 is 0 Å². The molecule has 0 unspecified atom stereocenters. The molecular formula is C17H23NO4. The molecule has 0 aromatic heterocycles. The van der Waals surface area contributed by atoms with Crippen molar-refractivity contribution in [3.8, 4) is 0 Å². The van der Waals surface area contributed by atoms with Gasteiger partial charge in [-0.05, 0) is 25.3 Å². The number of aryl methyl sites for hydroxylation is 1. The molecule has 0 bridgehead atoms. The Bertz CT molecular complexity index is 503. The Morgan fingerprint density at radius 3 is 2.73 bits per heavy atom. The Labute approximate surface area is 130 Å². The van der Waals surface area contributed by atoms with Gasteiger partial charge in [0, 0.05) is 19.4 Å². The van der Waals surface area contributed by atoms with Gasteiger partial charge in [-0.25, -0.2) is 4.79 Å². The molecule has 1 aliphatic rings. The van der Waals surface area contributed by atoms with Gasteiger partial charge in [0.2, 0.25) is 5.91 Å². The fraction of sp³-hybridized carbons (Fsp3) is 0.529. The fourth-order valence-corrected chi connectivity index (χ4v) is 2.78. The van der Waals surface area contributed by atoms with Crippen LogP contribution in [0.25, 0.3) is 0 Å². The number of carbonyl (C=O) groups excluding carboxylic acids is 2. The lowest BCUT2D eigenvalue weighted by atomic mass is 10.1. The molecule has 0 aliphatic carbocycles. The summed E-state index contributed by atoms with van der Waals surface area (Å²) in [5.74, 6) is -0.513. The first-order chi connectivity index (χ1) is 10.6. The number of ether oxygens (including phenoxy) is 1. The van der Waals surface area contributed by atoms with Gasteiger partial charge in [-0.3, -0.25) is 4.79 Å². The molecule has 0 saturated carbocycles. The second-order valence-corrected chi connectivity index (χ2v) is 5.54. The number of rotatable bonds is 6. The number of hydrogen-bond acceptors (Lipinski definition) is 4. The summed E-state index contributed by atoms with van der Waals surface area (Å²) in [4.78, 5) is 25.6. The molecule has 1 saturated heterocycles. The maximum Gasteiger partial charge on any atom is 0.328 e. The first kappa shape index (κ1) is 16.5. The van der Waals surface area contributed by atoms with Gasteiger partial charge in [0.1, 0.15) is 6.04 Å². The summed E-state index contributed by atoms with van der Waals surface area (Å²) in [7, 11) is 0. The van der Waals surface area contributed by atoms with Crippen molar-refractivity contribution in [1.82, 2.24) is 4.90 Å². The first-order valence-electron chi connectivity index (χ1n) is 7.80. The quantitative estimate of drug-likeness (QED) is 0.810. The fourth-order valence-electron chi connectivity index (χ4n) is 2.78. The number of nitrogens with zero attached hydrogens (tertiary/aromatic N) is 1. The van der Waals surface area contributed by atoms with Crippen LogP contribution in [0.3, 0.4) is 0 Å². The lowest BCUT2D eigenvalue weighted by Gasteiger charge is -2.22. The number of esters is 1. The summed E-state index contributed by atoms with van der Waals surface area (Å²) in [5, 5.41) is 9.74. The molecule has 1 N–H and O–H groups in total. The normalized spacial score (nSPS) is 20.9. The maximum absolute atomic E-state index is 12.3. The standard InChI is InChI=1S/C17H23NO4/c1-2-22-17(21)15-11-14(19)12-18(15)16(20)10-6-9-13-7-4-3-5-8-13/h3-5,7-8,14-15,19H,2,6,9-12H2,1H3/t14-,15+/m1/s1. The van der Waals surface area contributed by atoms with Crippen LogP contribution >= 0.6 is 0 Å². The summed E-state index contributed by atoms with van der Waals surface area (Å²) in [6.07, 6.45) is 1.55.